The maximum Gasteiger partial charge on any atom is 0.409 e. The number of benzene rings is 1. The first-order valence-electron chi connectivity index (χ1n) is 10.0. The van der Waals surface area contributed by atoms with Crippen LogP contribution in [0.2, 0.25) is 0 Å². The van der Waals surface area contributed by atoms with Crippen molar-refractivity contribution in [3.8, 4) is 0 Å². The fourth-order valence-electron chi connectivity index (χ4n) is 3.27. The second kappa shape index (κ2) is 9.91. The predicted octanol–water partition coefficient (Wildman–Crippen LogP) is 3.35. The Bertz CT molecular complexity index is 830. The van der Waals surface area contributed by atoms with E-state index in [0.717, 1.165) is 18.4 Å². The molecule has 7 nitrogen and oxygen atoms in total. The van der Waals surface area contributed by atoms with Crippen LogP contribution in [-0.4, -0.2) is 47.6 Å². The lowest BCUT2D eigenvalue weighted by molar-refractivity contribution is 0.0948. The van der Waals surface area contributed by atoms with Gasteiger partial charge >= 0.3 is 6.09 Å². The van der Waals surface area contributed by atoms with Gasteiger partial charge in [0, 0.05) is 37.4 Å². The lowest BCUT2D eigenvalue weighted by atomic mass is 10.1. The number of amides is 2. The van der Waals surface area contributed by atoms with Gasteiger partial charge in [0.1, 0.15) is 5.82 Å². The third-order valence-corrected chi connectivity index (χ3v) is 4.97. The zero-order valence-corrected chi connectivity index (χ0v) is 17.0. The van der Waals surface area contributed by atoms with Crippen LogP contribution in [0, 0.1) is 6.92 Å². The second-order valence-corrected chi connectivity index (χ2v) is 7.20. The molecule has 1 saturated heterocycles. The Kier molecular flexibility index (Phi) is 7.05. The summed E-state index contributed by atoms with van der Waals surface area (Å²) in [5.74, 6) is 0.538. The van der Waals surface area contributed by atoms with Crippen LogP contribution in [0.5, 0.6) is 0 Å². The van der Waals surface area contributed by atoms with Crippen molar-refractivity contribution in [2.24, 2.45) is 0 Å². The predicted molar refractivity (Wildman–Crippen MR) is 112 cm³/mol. The van der Waals surface area contributed by atoms with Gasteiger partial charge in [-0.25, -0.2) is 9.78 Å². The number of carbonyl (C=O) groups excluding carboxylic acids is 2. The summed E-state index contributed by atoms with van der Waals surface area (Å²) in [5, 5.41) is 6.32. The quantitative estimate of drug-likeness (QED) is 0.782. The third kappa shape index (κ3) is 5.94. The first-order chi connectivity index (χ1) is 14.0. The summed E-state index contributed by atoms with van der Waals surface area (Å²) >= 11 is 0. The number of aromatic nitrogens is 1. The van der Waals surface area contributed by atoms with Crippen LogP contribution >= 0.6 is 0 Å². The fourth-order valence-corrected chi connectivity index (χ4v) is 3.27. The third-order valence-electron chi connectivity index (χ3n) is 4.97. The number of piperidine rings is 1. The molecule has 0 atom stereocenters. The summed E-state index contributed by atoms with van der Waals surface area (Å²) in [5.41, 5.74) is 2.82. The standard InChI is InChI=1S/C22H28N4O3/c1-3-29-22(28)26-12-9-19(10-13-26)25-20-14-18(8-11-23-20)21(27)24-15-17-6-4-16(2)5-7-17/h4-8,11,14,19H,3,9-10,12-13,15H2,1-2H3,(H,23,25)(H,24,27). The van der Waals surface area contributed by atoms with Crippen molar-refractivity contribution < 1.29 is 14.3 Å². The summed E-state index contributed by atoms with van der Waals surface area (Å²) in [4.78, 5) is 30.3. The molecule has 2 aromatic rings. The van der Waals surface area contributed by atoms with E-state index < -0.39 is 0 Å². The van der Waals surface area contributed by atoms with Crippen molar-refractivity contribution in [3.63, 3.8) is 0 Å². The molecule has 0 radical (unpaired) electrons. The van der Waals surface area contributed by atoms with Crippen molar-refractivity contribution in [1.29, 1.82) is 0 Å². The number of aryl methyl sites for hydroxylation is 1. The van der Waals surface area contributed by atoms with Crippen LogP contribution in [0.1, 0.15) is 41.3 Å². The van der Waals surface area contributed by atoms with Crippen LogP contribution in [0.25, 0.3) is 0 Å². The molecule has 0 bridgehead atoms. The van der Waals surface area contributed by atoms with Gasteiger partial charge < -0.3 is 20.3 Å². The van der Waals surface area contributed by atoms with Gasteiger partial charge in [0.25, 0.3) is 5.91 Å². The minimum atomic E-state index is -0.253. The highest BCUT2D eigenvalue weighted by Crippen LogP contribution is 2.17. The molecule has 7 heteroatoms. The number of nitrogens with one attached hydrogen (secondary N) is 2. The highest BCUT2D eigenvalue weighted by Gasteiger charge is 2.23. The summed E-state index contributed by atoms with van der Waals surface area (Å²) in [6, 6.07) is 11.8. The molecule has 2 N–H and O–H groups in total. The number of rotatable bonds is 6. The fraction of sp³-hybridized carbons (Fsp3) is 0.409. The number of hydrogen-bond acceptors (Lipinski definition) is 5. The Morgan fingerprint density at radius 3 is 2.59 bits per heavy atom. The second-order valence-electron chi connectivity index (χ2n) is 7.20. The zero-order chi connectivity index (χ0) is 20.6. The molecular weight excluding hydrogens is 368 g/mol. The van der Waals surface area contributed by atoms with Crippen LogP contribution in [0.3, 0.4) is 0 Å². The molecule has 1 aromatic carbocycles. The van der Waals surface area contributed by atoms with Crippen LogP contribution < -0.4 is 10.6 Å². The Labute approximate surface area is 171 Å². The summed E-state index contributed by atoms with van der Waals surface area (Å²) in [7, 11) is 0. The lowest BCUT2D eigenvalue weighted by Crippen LogP contribution is -2.42. The van der Waals surface area contributed by atoms with E-state index in [1.807, 2.05) is 38.1 Å². The van der Waals surface area contributed by atoms with Gasteiger partial charge in [-0.15, -0.1) is 0 Å². The van der Waals surface area contributed by atoms with Gasteiger partial charge in [-0.05, 0) is 44.4 Å². The summed E-state index contributed by atoms with van der Waals surface area (Å²) < 4.78 is 5.05. The number of ether oxygens (including phenoxy) is 1. The molecule has 1 aliphatic heterocycles. The van der Waals surface area contributed by atoms with Gasteiger partial charge in [-0.3, -0.25) is 4.79 Å². The highest BCUT2D eigenvalue weighted by atomic mass is 16.6. The van der Waals surface area contributed by atoms with E-state index in [1.165, 1.54) is 5.56 Å². The molecule has 0 unspecified atom stereocenters. The number of hydrogen-bond donors (Lipinski definition) is 2. The number of anilines is 1. The first kappa shape index (κ1) is 20.6. The van der Waals surface area contributed by atoms with Gasteiger partial charge in [-0.1, -0.05) is 29.8 Å². The van der Waals surface area contributed by atoms with E-state index in [4.69, 9.17) is 4.74 Å². The normalized spacial score (nSPS) is 14.3. The van der Waals surface area contributed by atoms with Crippen molar-refractivity contribution >= 4 is 17.8 Å². The number of pyridine rings is 1. The van der Waals surface area contributed by atoms with Crippen molar-refractivity contribution in [3.05, 3.63) is 59.3 Å². The molecule has 1 aromatic heterocycles. The number of likely N-dealkylation sites (tertiary alicyclic amines) is 1. The van der Waals surface area contributed by atoms with E-state index in [9.17, 15) is 9.59 Å². The lowest BCUT2D eigenvalue weighted by Gasteiger charge is -2.31. The van der Waals surface area contributed by atoms with Crippen molar-refractivity contribution in [2.75, 3.05) is 25.0 Å². The largest absolute Gasteiger partial charge is 0.450 e. The van der Waals surface area contributed by atoms with E-state index in [-0.39, 0.29) is 18.0 Å². The summed E-state index contributed by atoms with van der Waals surface area (Å²) in [6.07, 6.45) is 3.00. The maximum atomic E-state index is 12.5. The topological polar surface area (TPSA) is 83.6 Å². The van der Waals surface area contributed by atoms with Crippen LogP contribution in [-0.2, 0) is 11.3 Å². The summed E-state index contributed by atoms with van der Waals surface area (Å²) in [6.45, 7) is 6.01. The average Bonchev–Trinajstić information content (AvgIpc) is 2.74. The Morgan fingerprint density at radius 1 is 1.17 bits per heavy atom. The molecule has 1 aliphatic rings. The van der Waals surface area contributed by atoms with E-state index in [0.29, 0.717) is 37.6 Å². The smallest absolute Gasteiger partial charge is 0.409 e. The SMILES string of the molecule is CCOC(=O)N1CCC(Nc2cc(C(=O)NCc3ccc(C)cc3)ccn2)CC1. The van der Waals surface area contributed by atoms with Crippen molar-refractivity contribution in [1.82, 2.24) is 15.2 Å². The molecule has 3 rings (SSSR count). The average molecular weight is 396 g/mol. The molecule has 154 valence electrons. The molecule has 0 saturated carbocycles. The Hall–Kier alpha value is -3.09. The number of nitrogens with zero attached hydrogens (tertiary/aromatic N) is 2. The first-order valence-corrected chi connectivity index (χ1v) is 10.0. The van der Waals surface area contributed by atoms with Gasteiger partial charge in [-0.2, -0.15) is 0 Å². The zero-order valence-electron chi connectivity index (χ0n) is 17.0. The van der Waals surface area contributed by atoms with Gasteiger partial charge in [0.05, 0.1) is 6.61 Å². The van der Waals surface area contributed by atoms with Gasteiger partial charge in [0.2, 0.25) is 0 Å². The Balaban J connectivity index is 1.51. The minimum Gasteiger partial charge on any atom is -0.450 e. The molecule has 29 heavy (non-hydrogen) atoms. The van der Waals surface area contributed by atoms with E-state index >= 15 is 0 Å². The Morgan fingerprint density at radius 2 is 1.90 bits per heavy atom. The van der Waals surface area contributed by atoms with E-state index in [1.54, 1.807) is 23.2 Å². The van der Waals surface area contributed by atoms with Crippen LogP contribution in [0.4, 0.5) is 10.6 Å². The molecule has 2 heterocycles. The monoisotopic (exact) mass is 396 g/mol. The van der Waals surface area contributed by atoms with Crippen LogP contribution in [0.15, 0.2) is 42.6 Å². The molecule has 1 fully saturated rings. The van der Waals surface area contributed by atoms with Gasteiger partial charge in [0.15, 0.2) is 0 Å². The number of carbonyl (C=O) groups is 2. The highest BCUT2D eigenvalue weighted by molar-refractivity contribution is 5.94. The van der Waals surface area contributed by atoms with Crippen molar-refractivity contribution in [2.45, 2.75) is 39.3 Å². The molecule has 2 amide bonds. The molecule has 0 spiro atoms. The molecule has 0 aliphatic carbocycles. The maximum absolute atomic E-state index is 12.5. The minimum absolute atomic E-state index is 0.131. The molecular formula is C22H28N4O3. The van der Waals surface area contributed by atoms with E-state index in [2.05, 4.69) is 15.6 Å².